The summed E-state index contributed by atoms with van der Waals surface area (Å²) in [4.78, 5) is 23.0. The van der Waals surface area contributed by atoms with E-state index in [9.17, 15) is 9.59 Å². The second-order valence-corrected chi connectivity index (χ2v) is 3.35. The fourth-order valence-electron chi connectivity index (χ4n) is 1.32. The van der Waals surface area contributed by atoms with Gasteiger partial charge in [-0.25, -0.2) is 4.79 Å². The lowest BCUT2D eigenvalue weighted by Crippen LogP contribution is -2.32. The molecule has 0 spiro atoms. The van der Waals surface area contributed by atoms with Gasteiger partial charge in [0.15, 0.2) is 0 Å². The molecule has 0 aliphatic carbocycles. The Balaban J connectivity index is 2.54. The Bertz CT molecular complexity index is 387. The van der Waals surface area contributed by atoms with Gasteiger partial charge in [-0.1, -0.05) is 42.5 Å². The second-order valence-electron chi connectivity index (χ2n) is 3.35. The van der Waals surface area contributed by atoms with E-state index in [-0.39, 0.29) is 6.54 Å². The molecular weight excluding hydrogens is 218 g/mol. The number of amides is 1. The minimum Gasteiger partial charge on any atom is -0.453 e. The molecule has 1 amide bonds. The quantitative estimate of drug-likeness (QED) is 0.730. The molecule has 0 fully saturated rings. The molecule has 0 unspecified atom stereocenters. The molecule has 0 saturated carbocycles. The number of carbonyl (C=O) groups excluding carboxylic acids is 2. The fourth-order valence-corrected chi connectivity index (χ4v) is 1.32. The van der Waals surface area contributed by atoms with Crippen molar-refractivity contribution in [3.05, 3.63) is 42.0 Å². The number of carbonyl (C=O) groups is 2. The van der Waals surface area contributed by atoms with Crippen LogP contribution in [0.1, 0.15) is 5.56 Å². The van der Waals surface area contributed by atoms with E-state index in [4.69, 9.17) is 0 Å². The maximum Gasteiger partial charge on any atom is 0.410 e. The molecular formula is C13H15NO3. The number of methoxy groups -OCH3 is 1. The van der Waals surface area contributed by atoms with Crippen molar-refractivity contribution in [2.45, 2.75) is 0 Å². The van der Waals surface area contributed by atoms with Gasteiger partial charge in [0.05, 0.1) is 13.7 Å². The average Bonchev–Trinajstić information content (AvgIpc) is 2.38. The Morgan fingerprint density at radius 1 is 1.29 bits per heavy atom. The van der Waals surface area contributed by atoms with Gasteiger partial charge in [-0.05, 0) is 5.56 Å². The molecule has 0 N–H and O–H groups in total. The van der Waals surface area contributed by atoms with Crippen molar-refractivity contribution in [3.63, 3.8) is 0 Å². The normalized spacial score (nSPS) is 10.2. The van der Waals surface area contributed by atoms with Gasteiger partial charge in [0.2, 0.25) is 0 Å². The first-order valence-corrected chi connectivity index (χ1v) is 5.26. The van der Waals surface area contributed by atoms with Crippen LogP contribution in [-0.2, 0) is 9.53 Å². The Morgan fingerprint density at radius 3 is 2.59 bits per heavy atom. The Hall–Kier alpha value is -2.10. The van der Waals surface area contributed by atoms with Crippen molar-refractivity contribution in [2.24, 2.45) is 0 Å². The van der Waals surface area contributed by atoms with Crippen LogP contribution in [-0.4, -0.2) is 37.5 Å². The molecule has 0 bridgehead atoms. The zero-order valence-corrected chi connectivity index (χ0v) is 9.70. The first-order chi connectivity index (χ1) is 8.27. The Kier molecular flexibility index (Phi) is 5.51. The van der Waals surface area contributed by atoms with Gasteiger partial charge in [-0.15, -0.1) is 0 Å². The summed E-state index contributed by atoms with van der Waals surface area (Å²) in [5, 5.41) is 0. The van der Waals surface area contributed by atoms with Crippen LogP contribution in [0.3, 0.4) is 0 Å². The number of ether oxygens (including phenoxy) is 1. The van der Waals surface area contributed by atoms with Gasteiger partial charge in [0, 0.05) is 6.54 Å². The first-order valence-electron chi connectivity index (χ1n) is 5.26. The summed E-state index contributed by atoms with van der Waals surface area (Å²) in [6.07, 6.45) is 3.87. The van der Waals surface area contributed by atoms with Crippen LogP contribution in [0.25, 0.3) is 6.08 Å². The molecule has 0 aliphatic rings. The minimum atomic E-state index is -0.505. The van der Waals surface area contributed by atoms with Crippen LogP contribution in [0, 0.1) is 0 Å². The van der Waals surface area contributed by atoms with E-state index in [1.807, 2.05) is 42.5 Å². The summed E-state index contributed by atoms with van der Waals surface area (Å²) in [7, 11) is 1.29. The van der Waals surface area contributed by atoms with Crippen molar-refractivity contribution in [1.29, 1.82) is 0 Å². The van der Waals surface area contributed by atoms with Gasteiger partial charge in [-0.2, -0.15) is 0 Å². The number of hydrogen-bond donors (Lipinski definition) is 0. The molecule has 4 nitrogen and oxygen atoms in total. The van der Waals surface area contributed by atoms with E-state index < -0.39 is 6.09 Å². The van der Waals surface area contributed by atoms with Crippen molar-refractivity contribution in [3.8, 4) is 0 Å². The average molecular weight is 233 g/mol. The molecule has 17 heavy (non-hydrogen) atoms. The zero-order valence-electron chi connectivity index (χ0n) is 9.70. The molecule has 1 aromatic carbocycles. The fraction of sp³-hybridized carbons (Fsp3) is 0.231. The summed E-state index contributed by atoms with van der Waals surface area (Å²) in [6.45, 7) is 0.381. The van der Waals surface area contributed by atoms with Crippen molar-refractivity contribution in [2.75, 3.05) is 20.2 Å². The Morgan fingerprint density at radius 2 is 2.00 bits per heavy atom. The molecule has 0 saturated heterocycles. The first kappa shape index (κ1) is 13.0. The highest BCUT2D eigenvalue weighted by molar-refractivity contribution is 5.71. The zero-order chi connectivity index (χ0) is 12.5. The minimum absolute atomic E-state index is 0.0335. The summed E-state index contributed by atoms with van der Waals surface area (Å²) < 4.78 is 4.56. The highest BCUT2D eigenvalue weighted by Crippen LogP contribution is 2.01. The van der Waals surface area contributed by atoms with Crippen LogP contribution >= 0.6 is 0 Å². The number of benzene rings is 1. The lowest BCUT2D eigenvalue weighted by molar-refractivity contribution is -0.108. The smallest absolute Gasteiger partial charge is 0.410 e. The van der Waals surface area contributed by atoms with E-state index in [0.717, 1.165) is 5.56 Å². The van der Waals surface area contributed by atoms with Gasteiger partial charge in [0.25, 0.3) is 0 Å². The van der Waals surface area contributed by atoms with Crippen LogP contribution < -0.4 is 0 Å². The number of hydrogen-bond acceptors (Lipinski definition) is 3. The molecule has 4 heteroatoms. The number of aldehydes is 1. The van der Waals surface area contributed by atoms with Crippen LogP contribution in [0.5, 0.6) is 0 Å². The lowest BCUT2D eigenvalue weighted by atomic mass is 10.2. The van der Waals surface area contributed by atoms with Crippen molar-refractivity contribution < 1.29 is 14.3 Å². The maximum absolute atomic E-state index is 11.3. The van der Waals surface area contributed by atoms with Gasteiger partial charge in [0.1, 0.15) is 6.29 Å². The second kappa shape index (κ2) is 7.22. The Labute approximate surface area is 100 Å². The predicted octanol–water partition coefficient (Wildman–Crippen LogP) is 1.97. The third-order valence-electron chi connectivity index (χ3n) is 2.16. The molecule has 90 valence electrons. The van der Waals surface area contributed by atoms with E-state index in [1.54, 1.807) is 0 Å². The largest absolute Gasteiger partial charge is 0.453 e. The van der Waals surface area contributed by atoms with Crippen molar-refractivity contribution >= 4 is 18.5 Å². The summed E-state index contributed by atoms with van der Waals surface area (Å²) in [6, 6.07) is 9.72. The van der Waals surface area contributed by atoms with E-state index in [2.05, 4.69) is 4.74 Å². The number of rotatable bonds is 5. The molecule has 0 atom stereocenters. The standard InChI is InChI=1S/C13H15NO3/c1-17-13(16)14(10-11-15)9-5-8-12-6-3-2-4-7-12/h2-8,11H,9-10H2,1H3. The van der Waals surface area contributed by atoms with Gasteiger partial charge >= 0.3 is 6.09 Å². The van der Waals surface area contributed by atoms with Crippen LogP contribution in [0.15, 0.2) is 36.4 Å². The van der Waals surface area contributed by atoms with E-state index in [0.29, 0.717) is 12.8 Å². The van der Waals surface area contributed by atoms with Crippen LogP contribution in [0.2, 0.25) is 0 Å². The third kappa shape index (κ3) is 4.51. The molecule has 1 aromatic rings. The van der Waals surface area contributed by atoms with Crippen LogP contribution in [0.4, 0.5) is 4.79 Å². The summed E-state index contributed by atoms with van der Waals surface area (Å²) in [5.74, 6) is 0. The molecule has 0 aliphatic heterocycles. The lowest BCUT2D eigenvalue weighted by Gasteiger charge is -2.15. The highest BCUT2D eigenvalue weighted by atomic mass is 16.5. The third-order valence-corrected chi connectivity index (χ3v) is 2.16. The maximum atomic E-state index is 11.3. The summed E-state index contributed by atoms with van der Waals surface area (Å²) >= 11 is 0. The van der Waals surface area contributed by atoms with Gasteiger partial charge < -0.3 is 9.53 Å². The highest BCUT2D eigenvalue weighted by Gasteiger charge is 2.10. The van der Waals surface area contributed by atoms with Crippen molar-refractivity contribution in [1.82, 2.24) is 4.90 Å². The SMILES string of the molecule is COC(=O)N(CC=O)CC=Cc1ccccc1. The number of nitrogens with zero attached hydrogens (tertiary/aromatic N) is 1. The van der Waals surface area contributed by atoms with E-state index in [1.165, 1.54) is 12.0 Å². The molecule has 0 radical (unpaired) electrons. The topological polar surface area (TPSA) is 46.6 Å². The monoisotopic (exact) mass is 233 g/mol. The molecule has 1 rings (SSSR count). The molecule has 0 aromatic heterocycles. The van der Waals surface area contributed by atoms with E-state index >= 15 is 0 Å². The van der Waals surface area contributed by atoms with Gasteiger partial charge in [-0.3, -0.25) is 4.90 Å². The summed E-state index contributed by atoms with van der Waals surface area (Å²) in [5.41, 5.74) is 1.04. The predicted molar refractivity (Wildman–Crippen MR) is 65.5 cm³/mol. The molecule has 0 heterocycles.